The zero-order valence-electron chi connectivity index (χ0n) is 17.6. The quantitative estimate of drug-likeness (QED) is 0.451. The van der Waals surface area contributed by atoms with Crippen molar-refractivity contribution in [2.75, 3.05) is 26.2 Å². The zero-order chi connectivity index (χ0) is 21.9. The van der Waals surface area contributed by atoms with Gasteiger partial charge in [0.05, 0.1) is 12.2 Å². The van der Waals surface area contributed by atoms with Crippen molar-refractivity contribution < 1.29 is 17.9 Å². The zero-order valence-corrected chi connectivity index (χ0v) is 18.4. The van der Waals surface area contributed by atoms with E-state index in [2.05, 4.69) is 17.0 Å². The molecule has 31 heavy (non-hydrogen) atoms. The lowest BCUT2D eigenvalue weighted by molar-refractivity contribution is -0.137. The van der Waals surface area contributed by atoms with Crippen LogP contribution in [-0.4, -0.2) is 31.1 Å². The van der Waals surface area contributed by atoms with E-state index in [-0.39, 0.29) is 5.41 Å². The fourth-order valence-corrected chi connectivity index (χ4v) is 5.03. The van der Waals surface area contributed by atoms with E-state index >= 15 is 0 Å². The van der Waals surface area contributed by atoms with Gasteiger partial charge >= 0.3 is 6.18 Å². The van der Waals surface area contributed by atoms with Gasteiger partial charge in [0.25, 0.3) is 0 Å². The summed E-state index contributed by atoms with van der Waals surface area (Å²) in [5.41, 5.74) is 1.05. The van der Waals surface area contributed by atoms with E-state index in [9.17, 15) is 13.2 Å². The van der Waals surface area contributed by atoms with Crippen LogP contribution in [0, 0.1) is 5.92 Å². The fourth-order valence-electron chi connectivity index (χ4n) is 4.91. The van der Waals surface area contributed by atoms with Gasteiger partial charge in [0.1, 0.15) is 5.75 Å². The van der Waals surface area contributed by atoms with E-state index in [1.165, 1.54) is 37.0 Å². The van der Waals surface area contributed by atoms with Gasteiger partial charge in [0, 0.05) is 17.5 Å². The molecule has 1 aliphatic carbocycles. The highest BCUT2D eigenvalue weighted by Gasteiger charge is 2.38. The van der Waals surface area contributed by atoms with Crippen molar-refractivity contribution >= 4 is 11.6 Å². The minimum absolute atomic E-state index is 0.286. The summed E-state index contributed by atoms with van der Waals surface area (Å²) in [5, 5.41) is 0.783. The molecular weight excluding hydrogens is 423 g/mol. The molecule has 2 aliphatic rings. The minimum Gasteiger partial charge on any atom is -0.493 e. The molecule has 0 radical (unpaired) electrons. The Balaban J connectivity index is 1.27. The van der Waals surface area contributed by atoms with E-state index in [1.54, 1.807) is 0 Å². The Labute approximate surface area is 187 Å². The van der Waals surface area contributed by atoms with Crippen LogP contribution in [0.5, 0.6) is 5.75 Å². The normalized spacial score (nSPS) is 21.5. The number of benzene rings is 2. The first-order valence-electron chi connectivity index (χ1n) is 11.1. The van der Waals surface area contributed by atoms with Gasteiger partial charge in [0.15, 0.2) is 0 Å². The maximum atomic E-state index is 12.7. The number of alkyl halides is 3. The Morgan fingerprint density at radius 3 is 2.32 bits per heavy atom. The van der Waals surface area contributed by atoms with Crippen LogP contribution in [-0.2, 0) is 11.6 Å². The van der Waals surface area contributed by atoms with Crippen molar-refractivity contribution in [1.82, 2.24) is 4.90 Å². The molecule has 6 heteroatoms. The lowest BCUT2D eigenvalue weighted by atomic mass is 9.62. The van der Waals surface area contributed by atoms with Crippen LogP contribution in [0.3, 0.4) is 0 Å². The monoisotopic (exact) mass is 451 g/mol. The lowest BCUT2D eigenvalue weighted by Crippen LogP contribution is -2.42. The van der Waals surface area contributed by atoms with Crippen LogP contribution in [0.15, 0.2) is 48.5 Å². The van der Waals surface area contributed by atoms with E-state index in [4.69, 9.17) is 16.3 Å². The van der Waals surface area contributed by atoms with Crippen LogP contribution in [0.2, 0.25) is 5.02 Å². The van der Waals surface area contributed by atoms with Crippen LogP contribution in [0.25, 0.3) is 0 Å². The van der Waals surface area contributed by atoms with Gasteiger partial charge in [0.2, 0.25) is 0 Å². The highest BCUT2D eigenvalue weighted by atomic mass is 35.5. The SMILES string of the molecule is FC(F)(F)c1ccc(OC[C@@H]2CCCN(CCC3(c4ccc(Cl)cc4)CCC3)C2)cc1. The molecule has 0 amide bonds. The van der Waals surface area contributed by atoms with Crippen LogP contribution < -0.4 is 4.74 Å². The third kappa shape index (κ3) is 5.56. The predicted molar refractivity (Wildman–Crippen MR) is 118 cm³/mol. The van der Waals surface area contributed by atoms with Gasteiger partial charge in [-0.2, -0.15) is 13.2 Å². The van der Waals surface area contributed by atoms with Gasteiger partial charge < -0.3 is 9.64 Å². The van der Waals surface area contributed by atoms with Crippen molar-refractivity contribution in [1.29, 1.82) is 0 Å². The van der Waals surface area contributed by atoms with E-state index in [0.29, 0.717) is 18.3 Å². The van der Waals surface area contributed by atoms with Crippen LogP contribution in [0.4, 0.5) is 13.2 Å². The van der Waals surface area contributed by atoms with E-state index < -0.39 is 11.7 Å². The summed E-state index contributed by atoms with van der Waals surface area (Å²) in [6.45, 7) is 3.70. The summed E-state index contributed by atoms with van der Waals surface area (Å²) < 4.78 is 43.9. The summed E-state index contributed by atoms with van der Waals surface area (Å²) in [5.74, 6) is 0.908. The van der Waals surface area contributed by atoms with Gasteiger partial charge in [-0.05, 0) is 92.6 Å². The molecule has 2 aromatic carbocycles. The molecule has 0 unspecified atom stereocenters. The van der Waals surface area contributed by atoms with E-state index in [1.807, 2.05) is 12.1 Å². The van der Waals surface area contributed by atoms with Crippen molar-refractivity contribution in [3.05, 3.63) is 64.7 Å². The average molecular weight is 452 g/mol. The Bertz CT molecular complexity index is 847. The molecule has 1 saturated carbocycles. The smallest absolute Gasteiger partial charge is 0.416 e. The molecule has 1 saturated heterocycles. The van der Waals surface area contributed by atoms with Gasteiger partial charge in [-0.3, -0.25) is 0 Å². The molecule has 168 valence electrons. The Kier molecular flexibility index (Phi) is 6.83. The van der Waals surface area contributed by atoms with Crippen molar-refractivity contribution in [2.24, 2.45) is 5.92 Å². The summed E-state index contributed by atoms with van der Waals surface area (Å²) in [7, 11) is 0. The second-order valence-corrected chi connectivity index (χ2v) is 9.47. The Morgan fingerprint density at radius 1 is 1.00 bits per heavy atom. The molecule has 2 nitrogen and oxygen atoms in total. The third-order valence-electron chi connectivity index (χ3n) is 6.94. The topological polar surface area (TPSA) is 12.5 Å². The van der Waals surface area contributed by atoms with Gasteiger partial charge in [-0.1, -0.05) is 30.2 Å². The fraction of sp³-hybridized carbons (Fsp3) is 0.520. The second-order valence-electron chi connectivity index (χ2n) is 9.03. The Morgan fingerprint density at radius 2 is 1.71 bits per heavy atom. The molecule has 2 fully saturated rings. The number of halogens is 4. The number of likely N-dealkylation sites (tertiary alicyclic amines) is 1. The molecule has 4 rings (SSSR count). The summed E-state index contributed by atoms with van der Waals surface area (Å²) >= 11 is 6.07. The molecule has 0 bridgehead atoms. The number of piperidine rings is 1. The largest absolute Gasteiger partial charge is 0.493 e. The molecule has 1 aliphatic heterocycles. The maximum absolute atomic E-state index is 12.7. The first kappa shape index (κ1) is 22.5. The molecule has 0 spiro atoms. The van der Waals surface area contributed by atoms with Gasteiger partial charge in [-0.25, -0.2) is 0 Å². The number of rotatable bonds is 7. The van der Waals surface area contributed by atoms with Crippen molar-refractivity contribution in [3.63, 3.8) is 0 Å². The van der Waals surface area contributed by atoms with Crippen molar-refractivity contribution in [2.45, 2.75) is 50.1 Å². The first-order valence-corrected chi connectivity index (χ1v) is 11.5. The third-order valence-corrected chi connectivity index (χ3v) is 7.20. The average Bonchev–Trinajstić information content (AvgIpc) is 2.73. The number of hydrogen-bond donors (Lipinski definition) is 0. The molecule has 1 atom stereocenters. The number of ether oxygens (including phenoxy) is 1. The lowest BCUT2D eigenvalue weighted by Gasteiger charge is -2.44. The number of nitrogens with zero attached hydrogens (tertiary/aromatic N) is 1. The standard InChI is InChI=1S/C25H29ClF3NO/c26-22-8-4-20(5-9-22)24(12-2-13-24)14-16-30-15-1-3-19(17-30)18-31-23-10-6-21(7-11-23)25(27,28)29/h4-11,19H,1-3,12-18H2/t19-/m1/s1. The maximum Gasteiger partial charge on any atom is 0.416 e. The minimum atomic E-state index is -4.31. The Hall–Kier alpha value is -1.72. The summed E-state index contributed by atoms with van der Waals surface area (Å²) in [6, 6.07) is 13.3. The van der Waals surface area contributed by atoms with Gasteiger partial charge in [-0.15, -0.1) is 0 Å². The van der Waals surface area contributed by atoms with E-state index in [0.717, 1.165) is 56.1 Å². The highest BCUT2D eigenvalue weighted by molar-refractivity contribution is 6.30. The molecule has 0 aromatic heterocycles. The molecule has 0 N–H and O–H groups in total. The summed E-state index contributed by atoms with van der Waals surface area (Å²) in [6.07, 6.45) is 2.83. The molecular formula is C25H29ClF3NO. The van der Waals surface area contributed by atoms with Crippen molar-refractivity contribution in [3.8, 4) is 5.75 Å². The predicted octanol–water partition coefficient (Wildman–Crippen LogP) is 6.96. The van der Waals surface area contributed by atoms with Crippen LogP contribution >= 0.6 is 11.6 Å². The molecule has 2 aromatic rings. The first-order chi connectivity index (χ1) is 14.8. The highest BCUT2D eigenvalue weighted by Crippen LogP contribution is 2.47. The molecule has 1 heterocycles. The second kappa shape index (κ2) is 9.41. The summed E-state index contributed by atoms with van der Waals surface area (Å²) in [4.78, 5) is 2.53. The van der Waals surface area contributed by atoms with Crippen LogP contribution in [0.1, 0.15) is 49.7 Å². The number of hydrogen-bond acceptors (Lipinski definition) is 2.